The number of para-hydroxylation sites is 1. The summed E-state index contributed by atoms with van der Waals surface area (Å²) in [6, 6.07) is 10.2. The Labute approximate surface area is 148 Å². The van der Waals surface area contributed by atoms with Crippen molar-refractivity contribution in [2.24, 2.45) is 0 Å². The van der Waals surface area contributed by atoms with Gasteiger partial charge in [0, 0.05) is 38.2 Å². The Morgan fingerprint density at radius 1 is 1.32 bits per heavy atom. The SMILES string of the molecule is CC(NCC(O)COC1CCOCC1)c1ccccc1-n1cccn1. The Kier molecular flexibility index (Phi) is 6.58. The molecule has 3 rings (SSSR count). The van der Waals surface area contributed by atoms with Crippen molar-refractivity contribution >= 4 is 0 Å². The highest BCUT2D eigenvalue weighted by molar-refractivity contribution is 5.42. The summed E-state index contributed by atoms with van der Waals surface area (Å²) >= 11 is 0. The standard InChI is InChI=1S/C19H27N3O3/c1-15(18-5-2-3-6-19(18)22-10-4-9-21-22)20-13-16(23)14-25-17-7-11-24-12-8-17/h2-6,9-10,15-17,20,23H,7-8,11-14H2,1H3. The normalized spacial score (nSPS) is 18.2. The summed E-state index contributed by atoms with van der Waals surface area (Å²) in [6.45, 7) is 4.43. The molecule has 0 spiro atoms. The minimum Gasteiger partial charge on any atom is -0.389 e. The molecule has 0 bridgehead atoms. The number of ether oxygens (including phenoxy) is 2. The number of nitrogens with zero attached hydrogens (tertiary/aromatic N) is 2. The maximum absolute atomic E-state index is 10.2. The van der Waals surface area contributed by atoms with Gasteiger partial charge < -0.3 is 19.9 Å². The maximum atomic E-state index is 10.2. The van der Waals surface area contributed by atoms with E-state index in [4.69, 9.17) is 9.47 Å². The topological polar surface area (TPSA) is 68.5 Å². The fraction of sp³-hybridized carbons (Fsp3) is 0.526. The van der Waals surface area contributed by atoms with Gasteiger partial charge in [-0.2, -0.15) is 5.10 Å². The van der Waals surface area contributed by atoms with E-state index in [1.807, 2.05) is 35.1 Å². The first-order valence-electron chi connectivity index (χ1n) is 8.94. The number of nitrogens with one attached hydrogen (secondary N) is 1. The fourth-order valence-electron chi connectivity index (χ4n) is 3.05. The molecule has 136 valence electrons. The smallest absolute Gasteiger partial charge is 0.0898 e. The van der Waals surface area contributed by atoms with Crippen LogP contribution in [0.4, 0.5) is 0 Å². The Morgan fingerprint density at radius 3 is 2.88 bits per heavy atom. The third-order valence-corrected chi connectivity index (χ3v) is 4.51. The zero-order valence-electron chi connectivity index (χ0n) is 14.7. The van der Waals surface area contributed by atoms with Gasteiger partial charge in [-0.3, -0.25) is 0 Å². The summed E-state index contributed by atoms with van der Waals surface area (Å²) < 4.78 is 13.0. The van der Waals surface area contributed by atoms with Crippen molar-refractivity contribution in [3.05, 3.63) is 48.3 Å². The molecule has 2 N–H and O–H groups in total. The van der Waals surface area contributed by atoms with Crippen LogP contribution in [0.15, 0.2) is 42.7 Å². The Morgan fingerprint density at radius 2 is 2.12 bits per heavy atom. The molecule has 1 fully saturated rings. The van der Waals surface area contributed by atoms with Gasteiger partial charge in [-0.15, -0.1) is 0 Å². The Hall–Kier alpha value is -1.73. The van der Waals surface area contributed by atoms with Crippen LogP contribution < -0.4 is 5.32 Å². The van der Waals surface area contributed by atoms with Crippen LogP contribution in [-0.4, -0.2) is 53.5 Å². The molecule has 1 saturated heterocycles. The molecule has 0 amide bonds. The molecule has 2 atom stereocenters. The minimum absolute atomic E-state index is 0.0955. The average molecular weight is 345 g/mol. The molecule has 6 nitrogen and oxygen atoms in total. The van der Waals surface area contributed by atoms with Crippen LogP contribution in [0, 0.1) is 0 Å². The summed E-state index contributed by atoms with van der Waals surface area (Å²) in [5, 5.41) is 17.9. The largest absolute Gasteiger partial charge is 0.389 e. The summed E-state index contributed by atoms with van der Waals surface area (Å²) in [4.78, 5) is 0. The van der Waals surface area contributed by atoms with E-state index in [0.717, 1.165) is 37.3 Å². The van der Waals surface area contributed by atoms with Gasteiger partial charge in [-0.1, -0.05) is 18.2 Å². The van der Waals surface area contributed by atoms with Gasteiger partial charge in [0.2, 0.25) is 0 Å². The van der Waals surface area contributed by atoms with Crippen molar-refractivity contribution in [2.45, 2.75) is 38.0 Å². The van der Waals surface area contributed by atoms with Crippen molar-refractivity contribution < 1.29 is 14.6 Å². The molecular formula is C19H27N3O3. The first-order valence-corrected chi connectivity index (χ1v) is 8.94. The third kappa shape index (κ3) is 5.12. The number of aliphatic hydroxyl groups is 1. The molecular weight excluding hydrogens is 318 g/mol. The highest BCUT2D eigenvalue weighted by atomic mass is 16.5. The van der Waals surface area contributed by atoms with E-state index in [1.54, 1.807) is 6.20 Å². The van der Waals surface area contributed by atoms with Crippen LogP contribution in [0.5, 0.6) is 0 Å². The molecule has 2 aromatic rings. The van der Waals surface area contributed by atoms with Crippen LogP contribution >= 0.6 is 0 Å². The van der Waals surface area contributed by atoms with E-state index in [1.165, 1.54) is 0 Å². The van der Waals surface area contributed by atoms with Gasteiger partial charge >= 0.3 is 0 Å². The quantitative estimate of drug-likeness (QED) is 0.767. The number of rotatable bonds is 8. The van der Waals surface area contributed by atoms with Gasteiger partial charge in [0.05, 0.1) is 24.5 Å². The van der Waals surface area contributed by atoms with Gasteiger partial charge in [0.15, 0.2) is 0 Å². The van der Waals surface area contributed by atoms with E-state index in [2.05, 4.69) is 23.4 Å². The minimum atomic E-state index is -0.526. The number of hydrogen-bond donors (Lipinski definition) is 2. The molecule has 1 aromatic heterocycles. The number of benzene rings is 1. The van der Waals surface area contributed by atoms with Crippen LogP contribution in [-0.2, 0) is 9.47 Å². The predicted octanol–water partition coefficient (Wildman–Crippen LogP) is 2.08. The second kappa shape index (κ2) is 9.10. The zero-order valence-corrected chi connectivity index (χ0v) is 14.7. The van der Waals surface area contributed by atoms with E-state index in [9.17, 15) is 5.11 Å². The molecule has 2 unspecified atom stereocenters. The van der Waals surface area contributed by atoms with E-state index in [-0.39, 0.29) is 12.1 Å². The van der Waals surface area contributed by atoms with E-state index < -0.39 is 6.10 Å². The van der Waals surface area contributed by atoms with Gasteiger partial charge in [0.1, 0.15) is 0 Å². The third-order valence-electron chi connectivity index (χ3n) is 4.51. The van der Waals surface area contributed by atoms with E-state index in [0.29, 0.717) is 13.2 Å². The van der Waals surface area contributed by atoms with Crippen LogP contribution in [0.3, 0.4) is 0 Å². The summed E-state index contributed by atoms with van der Waals surface area (Å²) in [5.41, 5.74) is 2.18. The molecule has 1 aromatic carbocycles. The average Bonchev–Trinajstić information content (AvgIpc) is 3.20. The molecule has 2 heterocycles. The molecule has 6 heteroatoms. The molecule has 1 aliphatic heterocycles. The van der Waals surface area contributed by atoms with Gasteiger partial charge in [0.25, 0.3) is 0 Å². The fourth-order valence-corrected chi connectivity index (χ4v) is 3.05. The summed E-state index contributed by atoms with van der Waals surface area (Å²) in [6.07, 6.45) is 5.21. The Bertz CT molecular complexity index is 627. The number of hydrogen-bond acceptors (Lipinski definition) is 5. The predicted molar refractivity (Wildman–Crippen MR) is 95.8 cm³/mol. The highest BCUT2D eigenvalue weighted by Gasteiger charge is 2.17. The van der Waals surface area contributed by atoms with Crippen molar-refractivity contribution in [3.63, 3.8) is 0 Å². The number of aliphatic hydroxyl groups excluding tert-OH is 1. The second-order valence-corrected chi connectivity index (χ2v) is 6.44. The zero-order chi connectivity index (χ0) is 17.5. The van der Waals surface area contributed by atoms with Crippen molar-refractivity contribution in [3.8, 4) is 5.69 Å². The lowest BCUT2D eigenvalue weighted by Crippen LogP contribution is -2.34. The van der Waals surface area contributed by atoms with Gasteiger partial charge in [-0.25, -0.2) is 4.68 Å². The van der Waals surface area contributed by atoms with Crippen LogP contribution in [0.2, 0.25) is 0 Å². The first kappa shape index (κ1) is 18.1. The second-order valence-electron chi connectivity index (χ2n) is 6.44. The highest BCUT2D eigenvalue weighted by Crippen LogP contribution is 2.21. The molecule has 1 aliphatic rings. The molecule has 25 heavy (non-hydrogen) atoms. The van der Waals surface area contributed by atoms with Crippen LogP contribution in [0.1, 0.15) is 31.4 Å². The Balaban J connectivity index is 1.50. The number of aromatic nitrogens is 2. The maximum Gasteiger partial charge on any atom is 0.0898 e. The lowest BCUT2D eigenvalue weighted by atomic mass is 10.1. The lowest BCUT2D eigenvalue weighted by molar-refractivity contribution is -0.0588. The van der Waals surface area contributed by atoms with Crippen molar-refractivity contribution in [1.82, 2.24) is 15.1 Å². The molecule has 0 radical (unpaired) electrons. The monoisotopic (exact) mass is 345 g/mol. The van der Waals surface area contributed by atoms with Crippen molar-refractivity contribution in [1.29, 1.82) is 0 Å². The summed E-state index contributed by atoms with van der Waals surface area (Å²) in [7, 11) is 0. The first-order chi connectivity index (χ1) is 12.2. The van der Waals surface area contributed by atoms with E-state index >= 15 is 0 Å². The molecule has 0 saturated carbocycles. The van der Waals surface area contributed by atoms with Crippen molar-refractivity contribution in [2.75, 3.05) is 26.4 Å². The van der Waals surface area contributed by atoms with Crippen LogP contribution in [0.25, 0.3) is 5.69 Å². The van der Waals surface area contributed by atoms with Gasteiger partial charge in [-0.05, 0) is 37.5 Å². The lowest BCUT2D eigenvalue weighted by Gasteiger charge is -2.24. The molecule has 0 aliphatic carbocycles. The summed E-state index contributed by atoms with van der Waals surface area (Å²) in [5.74, 6) is 0.